The summed E-state index contributed by atoms with van der Waals surface area (Å²) in [6, 6.07) is 1.80. The second-order valence-corrected chi connectivity index (χ2v) is 4.27. The number of aryl methyl sites for hydroxylation is 1. The summed E-state index contributed by atoms with van der Waals surface area (Å²) in [6.07, 6.45) is 3.26. The molecule has 0 fully saturated rings. The molecule has 0 aliphatic rings. The number of unbranched alkanes of at least 4 members (excludes halogenated alkanes) is 2. The molecular formula is C12H22N4O2. The highest BCUT2D eigenvalue weighted by Crippen LogP contribution is 2.11. The first-order chi connectivity index (χ1) is 8.67. The largest absolute Gasteiger partial charge is 0.394 e. The van der Waals surface area contributed by atoms with Crippen LogP contribution in [0.1, 0.15) is 31.4 Å². The quantitative estimate of drug-likeness (QED) is 0.593. The summed E-state index contributed by atoms with van der Waals surface area (Å²) >= 11 is 0. The van der Waals surface area contributed by atoms with Gasteiger partial charge in [-0.25, -0.2) is 4.68 Å². The number of nitrogens with one attached hydrogen (secondary N) is 1. The first kappa shape index (κ1) is 14.7. The summed E-state index contributed by atoms with van der Waals surface area (Å²) in [7, 11) is 0. The zero-order chi connectivity index (χ0) is 13.4. The first-order valence-electron chi connectivity index (χ1n) is 6.32. The van der Waals surface area contributed by atoms with E-state index in [0.29, 0.717) is 25.3 Å². The number of carbonyl (C=O) groups is 1. The van der Waals surface area contributed by atoms with Crippen LogP contribution in [0.3, 0.4) is 0 Å². The number of anilines is 1. The lowest BCUT2D eigenvalue weighted by molar-refractivity contribution is -0.116. The van der Waals surface area contributed by atoms with Crippen LogP contribution in [0.25, 0.3) is 0 Å². The Morgan fingerprint density at radius 1 is 1.50 bits per heavy atom. The second kappa shape index (κ2) is 7.84. The van der Waals surface area contributed by atoms with Gasteiger partial charge in [0, 0.05) is 12.5 Å². The first-order valence-corrected chi connectivity index (χ1v) is 6.32. The van der Waals surface area contributed by atoms with Crippen LogP contribution < -0.4 is 11.1 Å². The normalized spacial score (nSPS) is 10.6. The molecule has 18 heavy (non-hydrogen) atoms. The SMILES string of the molecule is Cc1cc(NC(=O)CCCCCN)n(CCO)n1. The molecular weight excluding hydrogens is 232 g/mol. The molecule has 0 aliphatic carbocycles. The maximum Gasteiger partial charge on any atom is 0.225 e. The van der Waals surface area contributed by atoms with E-state index in [2.05, 4.69) is 10.4 Å². The molecule has 1 heterocycles. The number of rotatable bonds is 8. The van der Waals surface area contributed by atoms with Crippen LogP contribution in [0.4, 0.5) is 5.82 Å². The molecule has 0 unspecified atom stereocenters. The number of nitrogens with zero attached hydrogens (tertiary/aromatic N) is 2. The molecule has 6 heteroatoms. The van der Waals surface area contributed by atoms with E-state index in [9.17, 15) is 4.79 Å². The lowest BCUT2D eigenvalue weighted by atomic mass is 10.2. The smallest absolute Gasteiger partial charge is 0.225 e. The summed E-state index contributed by atoms with van der Waals surface area (Å²) in [5.74, 6) is 0.622. The van der Waals surface area contributed by atoms with Crippen molar-refractivity contribution >= 4 is 11.7 Å². The minimum Gasteiger partial charge on any atom is -0.394 e. The molecule has 102 valence electrons. The van der Waals surface area contributed by atoms with Crippen LogP contribution >= 0.6 is 0 Å². The summed E-state index contributed by atoms with van der Waals surface area (Å²) in [5, 5.41) is 15.9. The molecule has 1 amide bonds. The fourth-order valence-corrected chi connectivity index (χ4v) is 1.72. The number of carbonyl (C=O) groups excluding carboxylic acids is 1. The van der Waals surface area contributed by atoms with Gasteiger partial charge in [-0.05, 0) is 26.3 Å². The van der Waals surface area contributed by atoms with Crippen LogP contribution in [-0.2, 0) is 11.3 Å². The summed E-state index contributed by atoms with van der Waals surface area (Å²) < 4.78 is 1.60. The van der Waals surface area contributed by atoms with Crippen LogP contribution in [-0.4, -0.2) is 33.9 Å². The average molecular weight is 254 g/mol. The fraction of sp³-hybridized carbons (Fsp3) is 0.667. The lowest BCUT2D eigenvalue weighted by Gasteiger charge is -2.07. The Labute approximate surface area is 107 Å². The molecule has 0 saturated carbocycles. The zero-order valence-electron chi connectivity index (χ0n) is 10.9. The maximum atomic E-state index is 11.7. The Balaban J connectivity index is 2.43. The van der Waals surface area contributed by atoms with Crippen molar-refractivity contribution in [3.63, 3.8) is 0 Å². The molecule has 0 radical (unpaired) electrons. The van der Waals surface area contributed by atoms with Crippen LogP contribution in [0.2, 0.25) is 0 Å². The summed E-state index contributed by atoms with van der Waals surface area (Å²) in [6.45, 7) is 2.91. The minimum atomic E-state index is -0.0221. The number of aromatic nitrogens is 2. The van der Waals surface area contributed by atoms with Crippen molar-refractivity contribution in [1.82, 2.24) is 9.78 Å². The van der Waals surface area contributed by atoms with Gasteiger partial charge in [-0.15, -0.1) is 0 Å². The standard InChI is InChI=1S/C12H22N4O2/c1-10-9-11(16(15-10)7-8-17)14-12(18)5-3-2-4-6-13/h9,17H,2-8,13H2,1H3,(H,14,18). The topological polar surface area (TPSA) is 93.2 Å². The van der Waals surface area contributed by atoms with Gasteiger partial charge < -0.3 is 16.2 Å². The summed E-state index contributed by atoms with van der Waals surface area (Å²) in [4.78, 5) is 11.7. The van der Waals surface area contributed by atoms with E-state index in [1.54, 1.807) is 10.7 Å². The van der Waals surface area contributed by atoms with E-state index in [1.165, 1.54) is 0 Å². The van der Waals surface area contributed by atoms with Gasteiger partial charge in [0.05, 0.1) is 18.8 Å². The molecule has 0 bridgehead atoms. The fourth-order valence-electron chi connectivity index (χ4n) is 1.72. The van der Waals surface area contributed by atoms with Crippen molar-refractivity contribution in [3.05, 3.63) is 11.8 Å². The molecule has 1 aromatic rings. The van der Waals surface area contributed by atoms with E-state index >= 15 is 0 Å². The molecule has 0 spiro atoms. The van der Waals surface area contributed by atoms with Crippen molar-refractivity contribution < 1.29 is 9.90 Å². The number of nitrogens with two attached hydrogens (primary N) is 1. The Bertz CT molecular complexity index is 376. The van der Waals surface area contributed by atoms with Gasteiger partial charge in [0.25, 0.3) is 0 Å². The highest BCUT2D eigenvalue weighted by Gasteiger charge is 2.08. The second-order valence-electron chi connectivity index (χ2n) is 4.27. The monoisotopic (exact) mass is 254 g/mol. The third-order valence-corrected chi connectivity index (χ3v) is 2.59. The van der Waals surface area contributed by atoms with Gasteiger partial charge >= 0.3 is 0 Å². The molecule has 4 N–H and O–H groups in total. The Morgan fingerprint density at radius 3 is 2.94 bits per heavy atom. The number of hydrogen-bond donors (Lipinski definition) is 3. The van der Waals surface area contributed by atoms with Crippen molar-refractivity contribution in [3.8, 4) is 0 Å². The van der Waals surface area contributed by atoms with Gasteiger partial charge in [-0.1, -0.05) is 6.42 Å². The maximum absolute atomic E-state index is 11.7. The van der Waals surface area contributed by atoms with Gasteiger partial charge in [0.1, 0.15) is 5.82 Å². The molecule has 0 saturated heterocycles. The molecule has 1 rings (SSSR count). The van der Waals surface area contributed by atoms with Gasteiger partial charge in [0.2, 0.25) is 5.91 Å². The van der Waals surface area contributed by atoms with Gasteiger partial charge in [-0.3, -0.25) is 4.79 Å². The number of aliphatic hydroxyl groups excluding tert-OH is 1. The van der Waals surface area contributed by atoms with Crippen LogP contribution in [0, 0.1) is 6.92 Å². The van der Waals surface area contributed by atoms with Crippen LogP contribution in [0.5, 0.6) is 0 Å². The highest BCUT2D eigenvalue weighted by molar-refractivity contribution is 5.89. The van der Waals surface area contributed by atoms with Gasteiger partial charge in [0.15, 0.2) is 0 Å². The zero-order valence-corrected chi connectivity index (χ0v) is 10.9. The average Bonchev–Trinajstić information content (AvgIpc) is 2.66. The van der Waals surface area contributed by atoms with Crippen molar-refractivity contribution in [2.24, 2.45) is 5.73 Å². The Hall–Kier alpha value is -1.40. The Kier molecular flexibility index (Phi) is 6.38. The van der Waals surface area contributed by atoms with Crippen molar-refractivity contribution in [1.29, 1.82) is 0 Å². The molecule has 0 aliphatic heterocycles. The van der Waals surface area contributed by atoms with Gasteiger partial charge in [-0.2, -0.15) is 5.10 Å². The van der Waals surface area contributed by atoms with Crippen LogP contribution in [0.15, 0.2) is 6.07 Å². The van der Waals surface area contributed by atoms with Crippen molar-refractivity contribution in [2.45, 2.75) is 39.2 Å². The number of hydrogen-bond acceptors (Lipinski definition) is 4. The predicted octanol–water partition coefficient (Wildman–Crippen LogP) is 0.641. The van der Waals surface area contributed by atoms with E-state index in [4.69, 9.17) is 10.8 Å². The lowest BCUT2D eigenvalue weighted by Crippen LogP contribution is -2.16. The number of amides is 1. The number of aliphatic hydroxyl groups is 1. The Morgan fingerprint density at radius 2 is 2.28 bits per heavy atom. The van der Waals surface area contributed by atoms with Crippen molar-refractivity contribution in [2.75, 3.05) is 18.5 Å². The van der Waals surface area contributed by atoms with E-state index in [0.717, 1.165) is 25.0 Å². The molecule has 1 aromatic heterocycles. The summed E-state index contributed by atoms with van der Waals surface area (Å²) in [5.41, 5.74) is 6.21. The third-order valence-electron chi connectivity index (χ3n) is 2.59. The minimum absolute atomic E-state index is 0.000487. The molecule has 6 nitrogen and oxygen atoms in total. The van der Waals surface area contributed by atoms with E-state index in [-0.39, 0.29) is 12.5 Å². The highest BCUT2D eigenvalue weighted by atomic mass is 16.3. The third kappa shape index (κ3) is 4.85. The molecule has 0 aromatic carbocycles. The van der Waals surface area contributed by atoms with E-state index in [1.807, 2.05) is 6.92 Å². The van der Waals surface area contributed by atoms with E-state index < -0.39 is 0 Å². The predicted molar refractivity (Wildman–Crippen MR) is 70.2 cm³/mol. The molecule has 0 atom stereocenters.